The Balaban J connectivity index is 1.14. The molecule has 2 aromatic carbocycles. The zero-order valence-electron chi connectivity index (χ0n) is 18.7. The predicted octanol–water partition coefficient (Wildman–Crippen LogP) is 3.32. The molecule has 3 heterocycles. The number of para-hydroxylation sites is 1. The lowest BCUT2D eigenvalue weighted by Crippen LogP contribution is -2.49. The van der Waals surface area contributed by atoms with Crippen LogP contribution in [0.1, 0.15) is 5.56 Å². The Morgan fingerprint density at radius 1 is 1.06 bits per heavy atom. The third kappa shape index (κ3) is 4.71. The van der Waals surface area contributed by atoms with Crippen molar-refractivity contribution in [3.63, 3.8) is 0 Å². The van der Waals surface area contributed by atoms with Crippen molar-refractivity contribution in [2.45, 2.75) is 6.10 Å². The Labute approximate surface area is 197 Å². The number of ether oxygens (including phenoxy) is 1. The molecule has 0 saturated carbocycles. The lowest BCUT2D eigenvalue weighted by molar-refractivity contribution is 0.0663. The quantitative estimate of drug-likeness (QED) is 0.453. The van der Waals surface area contributed by atoms with Gasteiger partial charge in [0.25, 0.3) is 5.71 Å². The highest BCUT2D eigenvalue weighted by atomic mass is 16.5. The van der Waals surface area contributed by atoms with Crippen molar-refractivity contribution in [2.75, 3.05) is 44.2 Å². The maximum atomic E-state index is 10.6. The van der Waals surface area contributed by atoms with Crippen molar-refractivity contribution < 1.29 is 14.4 Å². The fourth-order valence-corrected chi connectivity index (χ4v) is 4.28. The molecule has 172 valence electrons. The molecule has 0 aliphatic carbocycles. The second kappa shape index (κ2) is 9.91. The number of aliphatic hydroxyl groups is 1. The van der Waals surface area contributed by atoms with Gasteiger partial charge in [-0.25, -0.2) is 4.98 Å². The van der Waals surface area contributed by atoms with Gasteiger partial charge in [-0.3, -0.25) is 4.90 Å². The van der Waals surface area contributed by atoms with Crippen molar-refractivity contribution >= 4 is 16.8 Å². The summed E-state index contributed by atoms with van der Waals surface area (Å²) in [6, 6.07) is 21.3. The van der Waals surface area contributed by atoms with Crippen LogP contribution in [0.15, 0.2) is 71.4 Å². The first-order valence-electron chi connectivity index (χ1n) is 11.3. The van der Waals surface area contributed by atoms with Crippen LogP contribution in [0.4, 0.5) is 5.69 Å². The van der Waals surface area contributed by atoms with Crippen LogP contribution in [0, 0.1) is 11.3 Å². The molecule has 8 nitrogen and oxygen atoms in total. The summed E-state index contributed by atoms with van der Waals surface area (Å²) in [5.41, 5.74) is 3.75. The Morgan fingerprint density at radius 2 is 1.91 bits per heavy atom. The zero-order chi connectivity index (χ0) is 23.3. The van der Waals surface area contributed by atoms with Gasteiger partial charge in [0.2, 0.25) is 0 Å². The highest BCUT2D eigenvalue weighted by Gasteiger charge is 2.21. The van der Waals surface area contributed by atoms with Crippen LogP contribution in [-0.4, -0.2) is 65.6 Å². The number of rotatable bonds is 7. The number of piperazine rings is 1. The number of nitrogens with zero attached hydrogens (tertiary/aromatic N) is 5. The molecule has 1 N–H and O–H groups in total. The average Bonchev–Trinajstić information content (AvgIpc) is 3.32. The molecule has 0 bridgehead atoms. The van der Waals surface area contributed by atoms with Gasteiger partial charge in [-0.1, -0.05) is 29.4 Å². The van der Waals surface area contributed by atoms with Gasteiger partial charge in [0.1, 0.15) is 30.2 Å². The van der Waals surface area contributed by atoms with Crippen LogP contribution >= 0.6 is 0 Å². The molecule has 1 aliphatic heterocycles. The molecular formula is C26H25N5O3. The summed E-state index contributed by atoms with van der Waals surface area (Å²) < 4.78 is 11.2. The van der Waals surface area contributed by atoms with E-state index in [1.165, 1.54) is 0 Å². The van der Waals surface area contributed by atoms with Crippen molar-refractivity contribution in [3.05, 3.63) is 72.4 Å². The summed E-state index contributed by atoms with van der Waals surface area (Å²) >= 11 is 0. The van der Waals surface area contributed by atoms with Crippen LogP contribution in [0.5, 0.6) is 5.75 Å². The molecular weight excluding hydrogens is 430 g/mol. The van der Waals surface area contributed by atoms with Crippen LogP contribution in [0.3, 0.4) is 0 Å². The molecule has 34 heavy (non-hydrogen) atoms. The van der Waals surface area contributed by atoms with E-state index in [0.29, 0.717) is 29.3 Å². The van der Waals surface area contributed by atoms with Crippen LogP contribution in [0.25, 0.3) is 22.4 Å². The minimum Gasteiger partial charge on any atom is -0.491 e. The summed E-state index contributed by atoms with van der Waals surface area (Å²) in [6.07, 6.45) is 1.06. The Hall–Kier alpha value is -3.93. The van der Waals surface area contributed by atoms with E-state index >= 15 is 0 Å². The van der Waals surface area contributed by atoms with Gasteiger partial charge < -0.3 is 19.3 Å². The van der Waals surface area contributed by atoms with Crippen LogP contribution in [0.2, 0.25) is 0 Å². The molecule has 2 aromatic heterocycles. The number of anilines is 1. The fourth-order valence-electron chi connectivity index (χ4n) is 4.28. The number of nitriles is 1. The molecule has 1 saturated heterocycles. The number of pyridine rings is 1. The second-order valence-corrected chi connectivity index (χ2v) is 8.30. The Morgan fingerprint density at radius 3 is 2.76 bits per heavy atom. The maximum Gasteiger partial charge on any atom is 0.258 e. The number of fused-ring (bicyclic) bond motifs is 1. The maximum absolute atomic E-state index is 10.6. The van der Waals surface area contributed by atoms with Crippen molar-refractivity contribution in [1.82, 2.24) is 15.0 Å². The molecule has 0 spiro atoms. The predicted molar refractivity (Wildman–Crippen MR) is 129 cm³/mol. The molecule has 4 aromatic rings. The van der Waals surface area contributed by atoms with Crippen molar-refractivity contribution in [2.24, 2.45) is 0 Å². The van der Waals surface area contributed by atoms with E-state index in [-0.39, 0.29) is 6.61 Å². The first kappa shape index (κ1) is 21.9. The molecule has 0 amide bonds. The topological polar surface area (TPSA) is 98.7 Å². The SMILES string of the molecule is N#Cc1ccccc1N1CCN(CC(O)COc2cccc(-c3noc4ncccc34)c2)CC1. The van der Waals surface area contributed by atoms with Gasteiger partial charge >= 0.3 is 0 Å². The normalized spacial score (nSPS) is 15.2. The molecule has 1 unspecified atom stereocenters. The Bertz CT molecular complexity index is 1310. The number of hydrogen-bond acceptors (Lipinski definition) is 8. The lowest BCUT2D eigenvalue weighted by Gasteiger charge is -2.37. The lowest BCUT2D eigenvalue weighted by atomic mass is 10.1. The minimum atomic E-state index is -0.612. The smallest absolute Gasteiger partial charge is 0.258 e. The van der Waals surface area contributed by atoms with Crippen LogP contribution in [-0.2, 0) is 0 Å². The van der Waals surface area contributed by atoms with E-state index in [9.17, 15) is 10.4 Å². The third-order valence-corrected chi connectivity index (χ3v) is 6.01. The number of aromatic nitrogens is 2. The summed E-state index contributed by atoms with van der Waals surface area (Å²) in [4.78, 5) is 8.64. The van der Waals surface area contributed by atoms with E-state index < -0.39 is 6.10 Å². The zero-order valence-corrected chi connectivity index (χ0v) is 18.7. The standard InChI is InChI=1S/C26H25N5O3/c27-16-20-5-1-2-9-24(20)31-13-11-30(12-14-31)17-21(32)18-33-22-7-3-6-19(15-22)25-23-8-4-10-28-26(23)34-29-25/h1-10,15,21,32H,11-14,17-18H2. The van der Waals surface area contributed by atoms with Gasteiger partial charge in [-0.2, -0.15) is 5.26 Å². The first-order chi connectivity index (χ1) is 16.7. The van der Waals surface area contributed by atoms with Gasteiger partial charge in [0, 0.05) is 44.5 Å². The average molecular weight is 456 g/mol. The number of benzene rings is 2. The third-order valence-electron chi connectivity index (χ3n) is 6.01. The number of aliphatic hydroxyl groups excluding tert-OH is 1. The summed E-state index contributed by atoms with van der Waals surface area (Å²) in [7, 11) is 0. The molecule has 1 aliphatic rings. The van der Waals surface area contributed by atoms with Crippen molar-refractivity contribution in [1.29, 1.82) is 5.26 Å². The summed E-state index contributed by atoms with van der Waals surface area (Å²) in [5.74, 6) is 0.662. The number of β-amino-alcohol motifs (C(OH)–C–C–N with tert-alkyl or cyclic N) is 1. The highest BCUT2D eigenvalue weighted by molar-refractivity contribution is 5.89. The van der Waals surface area contributed by atoms with E-state index in [2.05, 4.69) is 26.0 Å². The van der Waals surface area contributed by atoms with Gasteiger partial charge in [-0.15, -0.1) is 0 Å². The van der Waals surface area contributed by atoms with E-state index in [1.54, 1.807) is 6.20 Å². The molecule has 1 fully saturated rings. The van der Waals surface area contributed by atoms with Crippen molar-refractivity contribution in [3.8, 4) is 23.1 Å². The number of hydrogen-bond donors (Lipinski definition) is 1. The Kier molecular flexibility index (Phi) is 6.38. The highest BCUT2D eigenvalue weighted by Crippen LogP contribution is 2.29. The molecule has 1 atom stereocenters. The van der Waals surface area contributed by atoms with Gasteiger partial charge in [0.05, 0.1) is 16.6 Å². The van der Waals surface area contributed by atoms with Crippen LogP contribution < -0.4 is 9.64 Å². The molecule has 0 radical (unpaired) electrons. The van der Waals surface area contributed by atoms with E-state index in [4.69, 9.17) is 9.26 Å². The largest absolute Gasteiger partial charge is 0.491 e. The van der Waals surface area contributed by atoms with Gasteiger partial charge in [0.15, 0.2) is 0 Å². The van der Waals surface area contributed by atoms with E-state index in [1.807, 2.05) is 60.7 Å². The summed E-state index contributed by atoms with van der Waals surface area (Å²) in [5, 5.41) is 24.9. The fraction of sp³-hybridized carbons (Fsp3) is 0.269. The first-order valence-corrected chi connectivity index (χ1v) is 11.3. The van der Waals surface area contributed by atoms with Gasteiger partial charge in [-0.05, 0) is 36.4 Å². The molecule has 8 heteroatoms. The molecule has 5 rings (SSSR count). The monoisotopic (exact) mass is 455 g/mol. The van der Waals surface area contributed by atoms with E-state index in [0.717, 1.165) is 42.8 Å². The minimum absolute atomic E-state index is 0.196. The second-order valence-electron chi connectivity index (χ2n) is 8.30. The summed E-state index contributed by atoms with van der Waals surface area (Å²) in [6.45, 7) is 4.00.